The van der Waals surface area contributed by atoms with Gasteiger partial charge >= 0.3 is 6.09 Å². The highest BCUT2D eigenvalue weighted by Crippen LogP contribution is 2.08. The first kappa shape index (κ1) is 14.2. The Morgan fingerprint density at radius 1 is 1.40 bits per heavy atom. The molecular weight excluding hydrogens is 192 g/mol. The van der Waals surface area contributed by atoms with Crippen molar-refractivity contribution in [3.63, 3.8) is 0 Å². The maximum atomic E-state index is 11.4. The second kappa shape index (κ2) is 5.95. The molecule has 0 heterocycles. The van der Waals surface area contributed by atoms with Gasteiger partial charge in [0, 0.05) is 12.6 Å². The number of rotatable bonds is 4. The van der Waals surface area contributed by atoms with Crippen LogP contribution in [0.15, 0.2) is 0 Å². The minimum atomic E-state index is -0.457. The molecule has 3 N–H and O–H groups in total. The summed E-state index contributed by atoms with van der Waals surface area (Å²) in [5.74, 6) is 0.508. The van der Waals surface area contributed by atoms with Crippen molar-refractivity contribution in [3.05, 3.63) is 0 Å². The van der Waals surface area contributed by atoms with E-state index in [1.165, 1.54) is 0 Å². The van der Waals surface area contributed by atoms with Crippen molar-refractivity contribution in [2.75, 3.05) is 6.54 Å². The van der Waals surface area contributed by atoms with Gasteiger partial charge in [-0.1, -0.05) is 13.8 Å². The third-order valence-electron chi connectivity index (χ3n) is 1.76. The van der Waals surface area contributed by atoms with E-state index in [0.29, 0.717) is 12.5 Å². The second-order valence-electron chi connectivity index (χ2n) is 5.21. The highest BCUT2D eigenvalue weighted by molar-refractivity contribution is 5.68. The van der Waals surface area contributed by atoms with Gasteiger partial charge in [-0.25, -0.2) is 4.79 Å². The van der Waals surface area contributed by atoms with E-state index in [4.69, 9.17) is 10.5 Å². The molecule has 0 aliphatic rings. The number of ether oxygens (including phenoxy) is 1. The van der Waals surface area contributed by atoms with E-state index < -0.39 is 11.7 Å². The summed E-state index contributed by atoms with van der Waals surface area (Å²) in [5, 5.41) is 2.77. The van der Waals surface area contributed by atoms with Gasteiger partial charge in [-0.15, -0.1) is 0 Å². The van der Waals surface area contributed by atoms with Gasteiger partial charge in [0.2, 0.25) is 0 Å². The van der Waals surface area contributed by atoms with E-state index in [9.17, 15) is 4.79 Å². The van der Waals surface area contributed by atoms with Crippen LogP contribution < -0.4 is 11.1 Å². The molecule has 0 saturated carbocycles. The average Bonchev–Trinajstić information content (AvgIpc) is 1.98. The number of nitrogens with two attached hydrogens (primary N) is 1. The maximum Gasteiger partial charge on any atom is 0.407 e. The third kappa shape index (κ3) is 8.24. The Morgan fingerprint density at radius 3 is 2.27 bits per heavy atom. The van der Waals surface area contributed by atoms with E-state index in [0.717, 1.165) is 6.42 Å². The molecule has 15 heavy (non-hydrogen) atoms. The molecule has 0 spiro atoms. The summed E-state index contributed by atoms with van der Waals surface area (Å²) in [7, 11) is 0. The number of carbonyl (C=O) groups is 1. The first-order chi connectivity index (χ1) is 6.74. The van der Waals surface area contributed by atoms with E-state index in [2.05, 4.69) is 19.2 Å². The van der Waals surface area contributed by atoms with Crippen molar-refractivity contribution in [2.45, 2.75) is 52.7 Å². The highest BCUT2D eigenvalue weighted by Gasteiger charge is 2.19. The van der Waals surface area contributed by atoms with Gasteiger partial charge in [-0.2, -0.15) is 0 Å². The van der Waals surface area contributed by atoms with Crippen LogP contribution >= 0.6 is 0 Å². The fraction of sp³-hybridized carbons (Fsp3) is 0.909. The lowest BCUT2D eigenvalue weighted by Gasteiger charge is -2.23. The molecule has 0 rings (SSSR count). The Morgan fingerprint density at radius 2 is 1.93 bits per heavy atom. The van der Waals surface area contributed by atoms with Crippen LogP contribution in [0.25, 0.3) is 0 Å². The van der Waals surface area contributed by atoms with Gasteiger partial charge in [0.1, 0.15) is 5.60 Å². The van der Waals surface area contributed by atoms with Crippen molar-refractivity contribution in [1.29, 1.82) is 0 Å². The topological polar surface area (TPSA) is 64.3 Å². The lowest BCUT2D eigenvalue weighted by atomic mass is 10.0. The van der Waals surface area contributed by atoms with E-state index in [1.54, 1.807) is 0 Å². The molecule has 0 aliphatic heterocycles. The number of hydrogen-bond acceptors (Lipinski definition) is 3. The van der Waals surface area contributed by atoms with E-state index >= 15 is 0 Å². The maximum absolute atomic E-state index is 11.4. The summed E-state index contributed by atoms with van der Waals surface area (Å²) in [6.45, 7) is 10.2. The number of amides is 1. The van der Waals surface area contributed by atoms with Crippen molar-refractivity contribution in [2.24, 2.45) is 11.7 Å². The molecule has 0 aliphatic carbocycles. The molecule has 0 radical (unpaired) electrons. The van der Waals surface area contributed by atoms with E-state index in [-0.39, 0.29) is 6.04 Å². The van der Waals surface area contributed by atoms with Crippen LogP contribution in [0.3, 0.4) is 0 Å². The van der Waals surface area contributed by atoms with Gasteiger partial charge in [0.25, 0.3) is 0 Å². The lowest BCUT2D eigenvalue weighted by Crippen LogP contribution is -2.43. The Bertz CT molecular complexity index is 197. The molecule has 1 unspecified atom stereocenters. The van der Waals surface area contributed by atoms with Crippen molar-refractivity contribution in [1.82, 2.24) is 5.32 Å². The Hall–Kier alpha value is -0.770. The summed E-state index contributed by atoms with van der Waals surface area (Å²) in [5.41, 5.74) is 5.11. The van der Waals surface area contributed by atoms with Crippen molar-refractivity contribution in [3.8, 4) is 0 Å². The van der Waals surface area contributed by atoms with Crippen LogP contribution in [0.1, 0.15) is 41.0 Å². The molecule has 1 amide bonds. The average molecular weight is 216 g/mol. The van der Waals surface area contributed by atoms with Crippen LogP contribution in [0.2, 0.25) is 0 Å². The molecule has 0 bridgehead atoms. The Balaban J connectivity index is 4.02. The number of alkyl carbamates (subject to hydrolysis) is 1. The molecular formula is C11H24N2O2. The molecule has 1 atom stereocenters. The molecule has 0 aromatic carbocycles. The van der Waals surface area contributed by atoms with Crippen LogP contribution in [0.4, 0.5) is 4.79 Å². The quantitative estimate of drug-likeness (QED) is 0.754. The minimum Gasteiger partial charge on any atom is -0.444 e. The van der Waals surface area contributed by atoms with Crippen molar-refractivity contribution < 1.29 is 9.53 Å². The van der Waals surface area contributed by atoms with E-state index in [1.807, 2.05) is 20.8 Å². The summed E-state index contributed by atoms with van der Waals surface area (Å²) >= 11 is 0. The first-order valence-electron chi connectivity index (χ1n) is 5.44. The SMILES string of the molecule is CC(C)CC(CN)NC(=O)OC(C)(C)C. The summed E-state index contributed by atoms with van der Waals surface area (Å²) < 4.78 is 5.15. The van der Waals surface area contributed by atoms with Gasteiger partial charge in [-0.3, -0.25) is 0 Å². The van der Waals surface area contributed by atoms with Crippen LogP contribution in [-0.2, 0) is 4.74 Å². The molecule has 0 aromatic heterocycles. The Kier molecular flexibility index (Phi) is 5.65. The zero-order chi connectivity index (χ0) is 12.1. The van der Waals surface area contributed by atoms with Crippen molar-refractivity contribution >= 4 is 6.09 Å². The molecule has 4 heteroatoms. The fourth-order valence-corrected chi connectivity index (χ4v) is 1.26. The minimum absolute atomic E-state index is 0.000139. The monoisotopic (exact) mass is 216 g/mol. The van der Waals surface area contributed by atoms with Crippen LogP contribution in [0, 0.1) is 5.92 Å². The molecule has 0 saturated heterocycles. The second-order valence-corrected chi connectivity index (χ2v) is 5.21. The van der Waals surface area contributed by atoms with Crippen LogP contribution in [-0.4, -0.2) is 24.3 Å². The first-order valence-corrected chi connectivity index (χ1v) is 5.44. The summed E-state index contributed by atoms with van der Waals surface area (Å²) in [6.07, 6.45) is 0.481. The predicted octanol–water partition coefficient (Wildman–Crippen LogP) is 1.88. The molecule has 0 aromatic rings. The zero-order valence-electron chi connectivity index (χ0n) is 10.5. The summed E-state index contributed by atoms with van der Waals surface area (Å²) in [4.78, 5) is 11.4. The van der Waals surface area contributed by atoms with Crippen LogP contribution in [0.5, 0.6) is 0 Å². The standard InChI is InChI=1S/C11H24N2O2/c1-8(2)6-9(7-12)13-10(14)15-11(3,4)5/h8-9H,6-7,12H2,1-5H3,(H,13,14). The third-order valence-corrected chi connectivity index (χ3v) is 1.76. The fourth-order valence-electron chi connectivity index (χ4n) is 1.26. The predicted molar refractivity (Wildman–Crippen MR) is 61.7 cm³/mol. The smallest absolute Gasteiger partial charge is 0.407 e. The van der Waals surface area contributed by atoms with Gasteiger partial charge in [0.15, 0.2) is 0 Å². The molecule has 90 valence electrons. The molecule has 0 fully saturated rings. The Labute approximate surface area is 92.6 Å². The lowest BCUT2D eigenvalue weighted by molar-refractivity contribution is 0.0500. The number of hydrogen-bond donors (Lipinski definition) is 2. The van der Waals surface area contributed by atoms with Gasteiger partial charge < -0.3 is 15.8 Å². The number of nitrogens with one attached hydrogen (secondary N) is 1. The highest BCUT2D eigenvalue weighted by atomic mass is 16.6. The normalized spacial score (nSPS) is 13.8. The largest absolute Gasteiger partial charge is 0.444 e. The zero-order valence-corrected chi connectivity index (χ0v) is 10.5. The van der Waals surface area contributed by atoms with Gasteiger partial charge in [-0.05, 0) is 33.1 Å². The molecule has 4 nitrogen and oxygen atoms in total. The summed E-state index contributed by atoms with van der Waals surface area (Å²) in [6, 6.07) is -0.000139. The van der Waals surface area contributed by atoms with Gasteiger partial charge in [0.05, 0.1) is 0 Å². The number of carbonyl (C=O) groups excluding carboxylic acids is 1.